The molecule has 6 heteroatoms. The zero-order valence-electron chi connectivity index (χ0n) is 10.3. The number of carboxylic acids is 1. The standard InChI is InChI=1S/C13H11BrFNO2S/c1-13(2,12(17)18)10-6-19-11(16-10)7-3-8(14)5-9(15)4-7/h3-6H,1-2H3,(H,17,18). The van der Waals surface area contributed by atoms with Gasteiger partial charge in [-0.25, -0.2) is 9.37 Å². The summed E-state index contributed by atoms with van der Waals surface area (Å²) in [6.07, 6.45) is 0. The van der Waals surface area contributed by atoms with E-state index in [9.17, 15) is 9.18 Å². The third-order valence-corrected chi connectivity index (χ3v) is 4.14. The first kappa shape index (κ1) is 14.1. The van der Waals surface area contributed by atoms with Crippen molar-refractivity contribution in [1.29, 1.82) is 0 Å². The van der Waals surface area contributed by atoms with Gasteiger partial charge in [-0.3, -0.25) is 4.79 Å². The van der Waals surface area contributed by atoms with Crippen LogP contribution in [0.15, 0.2) is 28.1 Å². The first-order valence-electron chi connectivity index (χ1n) is 5.46. The van der Waals surface area contributed by atoms with Crippen LogP contribution in [0.1, 0.15) is 19.5 Å². The lowest BCUT2D eigenvalue weighted by Gasteiger charge is -2.15. The Morgan fingerprint density at radius 2 is 2.11 bits per heavy atom. The van der Waals surface area contributed by atoms with Crippen LogP contribution in [-0.2, 0) is 10.2 Å². The molecule has 1 aromatic carbocycles. The molecule has 0 radical (unpaired) electrons. The molecule has 2 aromatic rings. The van der Waals surface area contributed by atoms with Crippen LogP contribution in [-0.4, -0.2) is 16.1 Å². The number of benzene rings is 1. The van der Waals surface area contributed by atoms with Gasteiger partial charge < -0.3 is 5.11 Å². The van der Waals surface area contributed by atoms with Gasteiger partial charge >= 0.3 is 5.97 Å². The van der Waals surface area contributed by atoms with Gasteiger partial charge in [-0.05, 0) is 32.0 Å². The lowest BCUT2D eigenvalue weighted by atomic mass is 9.90. The molecule has 0 atom stereocenters. The number of aliphatic carboxylic acids is 1. The summed E-state index contributed by atoms with van der Waals surface area (Å²) in [4.78, 5) is 15.5. The Labute approximate surface area is 122 Å². The predicted octanol–water partition coefficient (Wildman–Crippen LogP) is 4.07. The summed E-state index contributed by atoms with van der Waals surface area (Å²) in [5.41, 5.74) is 0.0453. The summed E-state index contributed by atoms with van der Waals surface area (Å²) in [5.74, 6) is -1.30. The van der Waals surface area contributed by atoms with Gasteiger partial charge in [0.15, 0.2) is 0 Å². The highest BCUT2D eigenvalue weighted by Gasteiger charge is 2.32. The van der Waals surface area contributed by atoms with E-state index in [1.165, 1.54) is 23.5 Å². The number of halogens is 2. The molecule has 1 N–H and O–H groups in total. The third-order valence-electron chi connectivity index (χ3n) is 2.79. The molecule has 1 aromatic heterocycles. The van der Waals surface area contributed by atoms with Crippen molar-refractivity contribution in [2.45, 2.75) is 19.3 Å². The molecule has 2 rings (SSSR count). The monoisotopic (exact) mass is 343 g/mol. The van der Waals surface area contributed by atoms with E-state index in [1.807, 2.05) is 0 Å². The largest absolute Gasteiger partial charge is 0.481 e. The highest BCUT2D eigenvalue weighted by Crippen LogP contribution is 2.31. The van der Waals surface area contributed by atoms with Gasteiger partial charge in [-0.1, -0.05) is 15.9 Å². The zero-order chi connectivity index (χ0) is 14.2. The van der Waals surface area contributed by atoms with Crippen LogP contribution in [0.2, 0.25) is 0 Å². The first-order valence-corrected chi connectivity index (χ1v) is 7.14. The van der Waals surface area contributed by atoms with Gasteiger partial charge in [0, 0.05) is 15.4 Å². The Morgan fingerprint density at radius 1 is 1.42 bits per heavy atom. The number of hydrogen-bond donors (Lipinski definition) is 1. The maximum Gasteiger partial charge on any atom is 0.315 e. The summed E-state index contributed by atoms with van der Waals surface area (Å²) >= 11 is 4.52. The van der Waals surface area contributed by atoms with Crippen LogP contribution < -0.4 is 0 Å². The van der Waals surface area contributed by atoms with E-state index >= 15 is 0 Å². The van der Waals surface area contributed by atoms with Crippen molar-refractivity contribution in [1.82, 2.24) is 4.98 Å². The van der Waals surface area contributed by atoms with Gasteiger partial charge in [0.1, 0.15) is 16.2 Å². The molecule has 0 aliphatic heterocycles. The van der Waals surface area contributed by atoms with Crippen molar-refractivity contribution in [2.75, 3.05) is 0 Å². The lowest BCUT2D eigenvalue weighted by molar-refractivity contribution is -0.142. The minimum absolute atomic E-state index is 0.362. The number of carboxylic acid groups (broad SMARTS) is 1. The molecule has 100 valence electrons. The number of rotatable bonds is 3. The number of aromatic nitrogens is 1. The zero-order valence-corrected chi connectivity index (χ0v) is 12.7. The molecule has 0 aliphatic carbocycles. The van der Waals surface area contributed by atoms with Gasteiger partial charge in [0.2, 0.25) is 0 Å². The Morgan fingerprint density at radius 3 is 2.68 bits per heavy atom. The minimum atomic E-state index is -1.06. The normalized spacial score (nSPS) is 11.6. The second-order valence-corrected chi connectivity index (χ2v) is 6.40. The molecular formula is C13H11BrFNO2S. The number of thiazole rings is 1. The maximum absolute atomic E-state index is 13.3. The average molecular weight is 344 g/mol. The van der Waals surface area contributed by atoms with E-state index in [-0.39, 0.29) is 5.82 Å². The molecule has 1 heterocycles. The SMILES string of the molecule is CC(C)(C(=O)O)c1csc(-c2cc(F)cc(Br)c2)n1. The van der Waals surface area contributed by atoms with E-state index in [4.69, 9.17) is 5.11 Å². The summed E-state index contributed by atoms with van der Waals surface area (Å²) in [7, 11) is 0. The van der Waals surface area contributed by atoms with E-state index in [0.29, 0.717) is 20.7 Å². The second-order valence-electron chi connectivity index (χ2n) is 4.63. The van der Waals surface area contributed by atoms with E-state index < -0.39 is 11.4 Å². The average Bonchev–Trinajstić information content (AvgIpc) is 2.76. The molecule has 0 aliphatic rings. The van der Waals surface area contributed by atoms with Crippen molar-refractivity contribution in [3.8, 4) is 10.6 Å². The Hall–Kier alpha value is -1.27. The lowest BCUT2D eigenvalue weighted by Crippen LogP contribution is -2.28. The molecule has 19 heavy (non-hydrogen) atoms. The minimum Gasteiger partial charge on any atom is -0.481 e. The fourth-order valence-corrected chi connectivity index (χ4v) is 2.92. The smallest absolute Gasteiger partial charge is 0.315 e. The van der Waals surface area contributed by atoms with E-state index in [2.05, 4.69) is 20.9 Å². The van der Waals surface area contributed by atoms with Crippen molar-refractivity contribution >= 4 is 33.2 Å². The highest BCUT2D eigenvalue weighted by molar-refractivity contribution is 9.10. The first-order chi connectivity index (χ1) is 8.80. The summed E-state index contributed by atoms with van der Waals surface area (Å²) < 4.78 is 14.0. The van der Waals surface area contributed by atoms with E-state index in [1.54, 1.807) is 25.3 Å². The van der Waals surface area contributed by atoms with Crippen LogP contribution >= 0.6 is 27.3 Å². The molecule has 3 nitrogen and oxygen atoms in total. The third kappa shape index (κ3) is 2.84. The Kier molecular flexibility index (Phi) is 3.73. The van der Waals surface area contributed by atoms with Crippen LogP contribution in [0.3, 0.4) is 0 Å². The summed E-state index contributed by atoms with van der Waals surface area (Å²) in [5, 5.41) is 11.5. The topological polar surface area (TPSA) is 50.2 Å². The second kappa shape index (κ2) is 5.02. The quantitative estimate of drug-likeness (QED) is 0.913. The van der Waals surface area contributed by atoms with Crippen molar-refractivity contribution < 1.29 is 14.3 Å². The molecule has 0 amide bonds. The van der Waals surface area contributed by atoms with Crippen molar-refractivity contribution in [2.24, 2.45) is 0 Å². The summed E-state index contributed by atoms with van der Waals surface area (Å²) in [6.45, 7) is 3.19. The Bertz CT molecular complexity index is 619. The van der Waals surface area contributed by atoms with Gasteiger partial charge in [-0.2, -0.15) is 0 Å². The van der Waals surface area contributed by atoms with Gasteiger partial charge in [-0.15, -0.1) is 11.3 Å². The van der Waals surface area contributed by atoms with Crippen LogP contribution in [0.25, 0.3) is 10.6 Å². The molecule has 0 unspecified atom stereocenters. The molecule has 0 bridgehead atoms. The van der Waals surface area contributed by atoms with E-state index in [0.717, 1.165) is 0 Å². The highest BCUT2D eigenvalue weighted by atomic mass is 79.9. The number of carbonyl (C=O) groups is 1. The number of nitrogens with zero attached hydrogens (tertiary/aromatic N) is 1. The molecule has 0 saturated carbocycles. The Balaban J connectivity index is 2.44. The fraction of sp³-hybridized carbons (Fsp3) is 0.231. The van der Waals surface area contributed by atoms with Crippen molar-refractivity contribution in [3.63, 3.8) is 0 Å². The van der Waals surface area contributed by atoms with Gasteiger partial charge in [0.05, 0.1) is 5.69 Å². The molecule has 0 spiro atoms. The number of hydrogen-bond acceptors (Lipinski definition) is 3. The van der Waals surface area contributed by atoms with Gasteiger partial charge in [0.25, 0.3) is 0 Å². The molecular weight excluding hydrogens is 333 g/mol. The van der Waals surface area contributed by atoms with Crippen molar-refractivity contribution in [3.05, 3.63) is 39.6 Å². The molecule has 0 saturated heterocycles. The van der Waals surface area contributed by atoms with Crippen LogP contribution in [0.5, 0.6) is 0 Å². The van der Waals surface area contributed by atoms with Crippen LogP contribution in [0.4, 0.5) is 4.39 Å². The van der Waals surface area contributed by atoms with Crippen LogP contribution in [0, 0.1) is 5.82 Å². The predicted molar refractivity (Wildman–Crippen MR) is 75.9 cm³/mol. The molecule has 0 fully saturated rings. The maximum atomic E-state index is 13.3. The summed E-state index contributed by atoms with van der Waals surface area (Å²) in [6, 6.07) is 4.49. The fourth-order valence-electron chi connectivity index (χ4n) is 1.48.